The highest BCUT2D eigenvalue weighted by atomic mass is 16.5. The molecular weight excluding hydrogens is 204 g/mol. The van der Waals surface area contributed by atoms with Crippen molar-refractivity contribution in [2.24, 2.45) is 5.73 Å². The third-order valence-corrected chi connectivity index (χ3v) is 3.25. The molecule has 1 rings (SSSR count). The summed E-state index contributed by atoms with van der Waals surface area (Å²) in [7, 11) is 0. The van der Waals surface area contributed by atoms with Gasteiger partial charge >= 0.3 is 0 Å². The molecule has 0 aliphatic carbocycles. The molecule has 2 atom stereocenters. The molecule has 1 fully saturated rings. The molecule has 0 bridgehead atoms. The van der Waals surface area contributed by atoms with Crippen molar-refractivity contribution in [1.82, 2.24) is 4.90 Å². The van der Waals surface area contributed by atoms with E-state index in [4.69, 9.17) is 15.6 Å². The van der Waals surface area contributed by atoms with Gasteiger partial charge in [0.25, 0.3) is 0 Å². The number of nitrogens with zero attached hydrogens (tertiary/aromatic N) is 1. The van der Waals surface area contributed by atoms with Crippen LogP contribution in [0.5, 0.6) is 0 Å². The van der Waals surface area contributed by atoms with Crippen LogP contribution < -0.4 is 5.73 Å². The van der Waals surface area contributed by atoms with E-state index in [1.165, 1.54) is 12.8 Å². The molecule has 0 spiro atoms. The zero-order chi connectivity index (χ0) is 11.8. The molecule has 4 heteroatoms. The summed E-state index contributed by atoms with van der Waals surface area (Å²) in [6, 6.07) is 0.514. The van der Waals surface area contributed by atoms with E-state index in [9.17, 15) is 0 Å². The van der Waals surface area contributed by atoms with Gasteiger partial charge in [0.05, 0.1) is 12.7 Å². The second-order valence-corrected chi connectivity index (χ2v) is 4.67. The molecule has 1 heterocycles. The zero-order valence-corrected chi connectivity index (χ0v) is 10.4. The van der Waals surface area contributed by atoms with Gasteiger partial charge < -0.3 is 15.6 Å². The highest BCUT2D eigenvalue weighted by Gasteiger charge is 2.24. The summed E-state index contributed by atoms with van der Waals surface area (Å²) < 4.78 is 5.61. The number of unbranched alkanes of at least 4 members (excludes halogenated alkanes) is 3. The lowest BCUT2D eigenvalue weighted by Crippen LogP contribution is -2.50. The topological polar surface area (TPSA) is 58.7 Å². The van der Waals surface area contributed by atoms with Crippen LogP contribution >= 0.6 is 0 Å². The van der Waals surface area contributed by atoms with E-state index >= 15 is 0 Å². The van der Waals surface area contributed by atoms with Crippen molar-refractivity contribution in [2.45, 2.75) is 44.8 Å². The summed E-state index contributed by atoms with van der Waals surface area (Å²) in [5.41, 5.74) is 5.63. The molecule has 1 saturated heterocycles. The van der Waals surface area contributed by atoms with Crippen LogP contribution in [-0.2, 0) is 4.74 Å². The Morgan fingerprint density at radius 2 is 2.06 bits per heavy atom. The number of ether oxygens (including phenoxy) is 1. The van der Waals surface area contributed by atoms with Gasteiger partial charge in [-0.05, 0) is 26.3 Å². The summed E-state index contributed by atoms with van der Waals surface area (Å²) in [6.45, 7) is 6.06. The predicted octanol–water partition coefficient (Wildman–Crippen LogP) is 0.587. The van der Waals surface area contributed by atoms with E-state index in [0.717, 1.165) is 32.5 Å². The first-order valence-electron chi connectivity index (χ1n) is 6.44. The fourth-order valence-electron chi connectivity index (χ4n) is 2.11. The highest BCUT2D eigenvalue weighted by Crippen LogP contribution is 2.12. The Bertz CT molecular complexity index is 178. The van der Waals surface area contributed by atoms with Crippen LogP contribution in [0.15, 0.2) is 0 Å². The average molecular weight is 230 g/mol. The molecule has 0 amide bonds. The van der Waals surface area contributed by atoms with Crippen LogP contribution in [-0.4, -0.2) is 55.0 Å². The highest BCUT2D eigenvalue weighted by molar-refractivity contribution is 4.77. The summed E-state index contributed by atoms with van der Waals surface area (Å²) in [6.07, 6.45) is 4.70. The molecule has 0 saturated carbocycles. The fourth-order valence-corrected chi connectivity index (χ4v) is 2.11. The minimum absolute atomic E-state index is 0.216. The molecule has 3 N–H and O–H groups in total. The van der Waals surface area contributed by atoms with Crippen molar-refractivity contribution in [1.29, 1.82) is 0 Å². The molecular formula is C12H26N2O2. The molecule has 0 aromatic carbocycles. The Morgan fingerprint density at radius 1 is 1.31 bits per heavy atom. The Labute approximate surface area is 98.8 Å². The van der Waals surface area contributed by atoms with E-state index in [0.29, 0.717) is 19.2 Å². The van der Waals surface area contributed by atoms with Gasteiger partial charge in [0.15, 0.2) is 0 Å². The molecule has 16 heavy (non-hydrogen) atoms. The van der Waals surface area contributed by atoms with Crippen molar-refractivity contribution in [3.05, 3.63) is 0 Å². The second-order valence-electron chi connectivity index (χ2n) is 4.67. The summed E-state index contributed by atoms with van der Waals surface area (Å²) in [4.78, 5) is 2.47. The average Bonchev–Trinajstić information content (AvgIpc) is 2.31. The number of aliphatic hydroxyl groups is 1. The number of nitrogens with two attached hydrogens (primary N) is 1. The second kappa shape index (κ2) is 8.01. The molecule has 4 nitrogen and oxygen atoms in total. The Kier molecular flexibility index (Phi) is 6.96. The van der Waals surface area contributed by atoms with Crippen molar-refractivity contribution in [3.8, 4) is 0 Å². The minimum atomic E-state index is 0.216. The summed E-state index contributed by atoms with van der Waals surface area (Å²) in [5, 5.41) is 8.68. The molecule has 2 unspecified atom stereocenters. The molecule has 96 valence electrons. The van der Waals surface area contributed by atoms with Gasteiger partial charge in [-0.25, -0.2) is 0 Å². The van der Waals surface area contributed by atoms with E-state index in [2.05, 4.69) is 11.8 Å². The summed E-state index contributed by atoms with van der Waals surface area (Å²) >= 11 is 0. The Hall–Kier alpha value is -0.160. The third-order valence-electron chi connectivity index (χ3n) is 3.25. The van der Waals surface area contributed by atoms with Crippen LogP contribution in [0.3, 0.4) is 0 Å². The largest absolute Gasteiger partial charge is 0.396 e. The molecule has 0 aromatic heterocycles. The Morgan fingerprint density at radius 3 is 2.75 bits per heavy atom. The third kappa shape index (κ3) is 4.78. The lowest BCUT2D eigenvalue weighted by atomic mass is 10.1. The van der Waals surface area contributed by atoms with Gasteiger partial charge in [-0.3, -0.25) is 4.90 Å². The first-order chi connectivity index (χ1) is 7.77. The van der Waals surface area contributed by atoms with E-state index < -0.39 is 0 Å². The lowest BCUT2D eigenvalue weighted by molar-refractivity contribution is -0.0537. The first kappa shape index (κ1) is 13.9. The van der Waals surface area contributed by atoms with E-state index in [-0.39, 0.29) is 6.10 Å². The number of hydrogen-bond donors (Lipinski definition) is 2. The van der Waals surface area contributed by atoms with Crippen LogP contribution in [0.25, 0.3) is 0 Å². The van der Waals surface area contributed by atoms with Gasteiger partial charge in [0.1, 0.15) is 0 Å². The van der Waals surface area contributed by atoms with Crippen LogP contribution in [0.1, 0.15) is 32.6 Å². The standard InChI is InChI=1S/C12H26N2O2/c1-11-10-16-12(8-13)9-14(11)6-4-2-3-5-7-15/h11-12,15H,2-10,13H2,1H3. The van der Waals surface area contributed by atoms with Gasteiger partial charge in [0.2, 0.25) is 0 Å². The smallest absolute Gasteiger partial charge is 0.0824 e. The normalized spacial score (nSPS) is 27.2. The van der Waals surface area contributed by atoms with Gasteiger partial charge in [-0.2, -0.15) is 0 Å². The maximum Gasteiger partial charge on any atom is 0.0824 e. The molecule has 1 aliphatic rings. The summed E-state index contributed by atoms with van der Waals surface area (Å²) in [5.74, 6) is 0. The van der Waals surface area contributed by atoms with E-state index in [1.807, 2.05) is 0 Å². The van der Waals surface area contributed by atoms with Crippen LogP contribution in [0.2, 0.25) is 0 Å². The first-order valence-corrected chi connectivity index (χ1v) is 6.44. The van der Waals surface area contributed by atoms with Gasteiger partial charge in [0, 0.05) is 25.7 Å². The van der Waals surface area contributed by atoms with Crippen molar-refractivity contribution in [2.75, 3.05) is 32.8 Å². The molecule has 1 aliphatic heterocycles. The monoisotopic (exact) mass is 230 g/mol. The quantitative estimate of drug-likeness (QED) is 0.628. The molecule has 0 aromatic rings. The lowest BCUT2D eigenvalue weighted by Gasteiger charge is -2.37. The number of morpholine rings is 1. The zero-order valence-electron chi connectivity index (χ0n) is 10.4. The maximum atomic E-state index is 8.68. The van der Waals surface area contributed by atoms with Crippen molar-refractivity contribution < 1.29 is 9.84 Å². The fraction of sp³-hybridized carbons (Fsp3) is 1.00. The Balaban J connectivity index is 2.13. The number of rotatable bonds is 7. The van der Waals surface area contributed by atoms with Gasteiger partial charge in [-0.15, -0.1) is 0 Å². The SMILES string of the molecule is CC1COC(CN)CN1CCCCCCO. The van der Waals surface area contributed by atoms with Crippen LogP contribution in [0.4, 0.5) is 0 Å². The van der Waals surface area contributed by atoms with Crippen molar-refractivity contribution >= 4 is 0 Å². The molecule has 0 radical (unpaired) electrons. The predicted molar refractivity (Wildman–Crippen MR) is 65.4 cm³/mol. The number of aliphatic hydroxyl groups excluding tert-OH is 1. The van der Waals surface area contributed by atoms with E-state index in [1.54, 1.807) is 0 Å². The number of hydrogen-bond acceptors (Lipinski definition) is 4. The van der Waals surface area contributed by atoms with Crippen molar-refractivity contribution in [3.63, 3.8) is 0 Å². The van der Waals surface area contributed by atoms with Gasteiger partial charge in [-0.1, -0.05) is 12.8 Å². The maximum absolute atomic E-state index is 8.68. The minimum Gasteiger partial charge on any atom is -0.396 e. The van der Waals surface area contributed by atoms with Crippen LogP contribution in [0, 0.1) is 0 Å².